The van der Waals surface area contributed by atoms with Crippen LogP contribution in [0.25, 0.3) is 44.9 Å². The van der Waals surface area contributed by atoms with Crippen LogP contribution in [0.3, 0.4) is 0 Å². The molecule has 176 valence electrons. The Labute approximate surface area is 198 Å². The number of hydrogen-bond donors (Lipinski definition) is 3. The van der Waals surface area contributed by atoms with E-state index in [0.29, 0.717) is 33.9 Å². The van der Waals surface area contributed by atoms with Gasteiger partial charge < -0.3 is 15.4 Å². The van der Waals surface area contributed by atoms with Gasteiger partial charge in [-0.3, -0.25) is 4.68 Å². The van der Waals surface area contributed by atoms with E-state index >= 15 is 0 Å². The summed E-state index contributed by atoms with van der Waals surface area (Å²) in [5, 5.41) is 18.8. The lowest BCUT2D eigenvalue weighted by molar-refractivity contribution is -0.137. The van der Waals surface area contributed by atoms with Crippen LogP contribution in [0, 0.1) is 0 Å². The second-order valence-corrected chi connectivity index (χ2v) is 8.65. The van der Waals surface area contributed by atoms with Crippen molar-refractivity contribution in [2.24, 2.45) is 7.05 Å². The third kappa shape index (κ3) is 3.64. The van der Waals surface area contributed by atoms with Crippen LogP contribution in [0.1, 0.15) is 16.7 Å². The van der Waals surface area contributed by atoms with Crippen molar-refractivity contribution in [1.29, 1.82) is 0 Å². The fourth-order valence-electron chi connectivity index (χ4n) is 4.59. The van der Waals surface area contributed by atoms with E-state index in [1.807, 2.05) is 6.07 Å². The molecule has 0 amide bonds. The Kier molecular flexibility index (Phi) is 4.72. The molecular formula is C26H20F3N5O. The van der Waals surface area contributed by atoms with Gasteiger partial charge in [-0.15, -0.1) is 0 Å². The predicted molar refractivity (Wildman–Crippen MR) is 126 cm³/mol. The van der Waals surface area contributed by atoms with E-state index in [4.69, 9.17) is 0 Å². The molecule has 0 saturated heterocycles. The minimum Gasteiger partial charge on any atom is -0.504 e. The molecule has 0 saturated carbocycles. The highest BCUT2D eigenvalue weighted by Crippen LogP contribution is 2.38. The molecule has 5 aromatic rings. The number of hydrogen-bond acceptors (Lipinski definition) is 4. The maximum atomic E-state index is 13.1. The summed E-state index contributed by atoms with van der Waals surface area (Å²) in [4.78, 5) is 7.96. The number of aromatic hydroxyl groups is 1. The SMILES string of the molecule is Cn1nc(-c2ccc(-c3cccc(C(F)(F)F)c3)cc2)c(O)c1-c1nc2cc3c(cc2[nH]1)CNC3. The molecule has 9 heteroatoms. The first-order chi connectivity index (χ1) is 16.8. The van der Waals surface area contributed by atoms with Crippen LogP contribution >= 0.6 is 0 Å². The fourth-order valence-corrected chi connectivity index (χ4v) is 4.59. The van der Waals surface area contributed by atoms with Crippen molar-refractivity contribution in [3.63, 3.8) is 0 Å². The molecule has 0 spiro atoms. The molecule has 3 aromatic carbocycles. The van der Waals surface area contributed by atoms with E-state index < -0.39 is 11.7 Å². The molecule has 0 atom stereocenters. The van der Waals surface area contributed by atoms with Gasteiger partial charge in [-0.25, -0.2) is 4.98 Å². The normalized spacial score (nSPS) is 13.5. The number of alkyl halides is 3. The number of imidazole rings is 1. The predicted octanol–water partition coefficient (Wildman–Crippen LogP) is 5.63. The first-order valence-corrected chi connectivity index (χ1v) is 11.0. The maximum Gasteiger partial charge on any atom is 0.416 e. The molecule has 3 N–H and O–H groups in total. The van der Waals surface area contributed by atoms with Crippen molar-refractivity contribution in [3.8, 4) is 39.7 Å². The number of H-pyrrole nitrogens is 1. The Hall–Kier alpha value is -4.11. The van der Waals surface area contributed by atoms with Crippen molar-refractivity contribution >= 4 is 11.0 Å². The Morgan fingerprint density at radius 3 is 2.37 bits per heavy atom. The number of aromatic nitrogens is 4. The van der Waals surface area contributed by atoms with Crippen LogP contribution in [0.2, 0.25) is 0 Å². The van der Waals surface area contributed by atoms with Crippen molar-refractivity contribution in [1.82, 2.24) is 25.1 Å². The monoisotopic (exact) mass is 475 g/mol. The molecule has 6 rings (SSSR count). The van der Waals surface area contributed by atoms with Gasteiger partial charge in [-0.05, 0) is 46.5 Å². The van der Waals surface area contributed by atoms with Crippen LogP contribution in [-0.4, -0.2) is 24.9 Å². The quantitative estimate of drug-likeness (QED) is 0.316. The van der Waals surface area contributed by atoms with Crippen LogP contribution in [0.15, 0.2) is 60.7 Å². The summed E-state index contributed by atoms with van der Waals surface area (Å²) in [5.74, 6) is 0.489. The van der Waals surface area contributed by atoms with E-state index in [-0.39, 0.29) is 5.75 Å². The van der Waals surface area contributed by atoms with Gasteiger partial charge >= 0.3 is 6.18 Å². The number of nitrogens with one attached hydrogen (secondary N) is 2. The molecule has 3 heterocycles. The highest BCUT2D eigenvalue weighted by atomic mass is 19.4. The average Bonchev–Trinajstić information content (AvgIpc) is 3.53. The summed E-state index contributed by atoms with van der Waals surface area (Å²) in [6.07, 6.45) is -4.40. The zero-order valence-electron chi connectivity index (χ0n) is 18.6. The summed E-state index contributed by atoms with van der Waals surface area (Å²) in [6, 6.07) is 16.2. The number of fused-ring (bicyclic) bond motifs is 2. The van der Waals surface area contributed by atoms with Gasteiger partial charge in [0.25, 0.3) is 0 Å². The molecule has 6 nitrogen and oxygen atoms in total. The molecule has 0 bridgehead atoms. The second kappa shape index (κ2) is 7.71. The van der Waals surface area contributed by atoms with Crippen LogP contribution in [0.5, 0.6) is 5.75 Å². The molecule has 0 aliphatic carbocycles. The molecule has 0 radical (unpaired) electrons. The minimum atomic E-state index is -4.40. The number of halogens is 3. The van der Waals surface area contributed by atoms with Gasteiger partial charge in [0.15, 0.2) is 11.6 Å². The molecule has 0 unspecified atom stereocenters. The molecule has 1 aliphatic heterocycles. The number of aromatic amines is 1. The van der Waals surface area contributed by atoms with Crippen LogP contribution < -0.4 is 5.32 Å². The van der Waals surface area contributed by atoms with Gasteiger partial charge in [-0.1, -0.05) is 36.4 Å². The summed E-state index contributed by atoms with van der Waals surface area (Å²) in [5.41, 5.74) is 6.00. The van der Waals surface area contributed by atoms with Gasteiger partial charge in [0, 0.05) is 25.7 Å². The summed E-state index contributed by atoms with van der Waals surface area (Å²) in [6.45, 7) is 1.63. The minimum absolute atomic E-state index is 0.0208. The third-order valence-corrected chi connectivity index (χ3v) is 6.36. The average molecular weight is 475 g/mol. The van der Waals surface area contributed by atoms with E-state index in [1.165, 1.54) is 17.2 Å². The lowest BCUT2D eigenvalue weighted by Gasteiger charge is -2.09. The molecule has 0 fully saturated rings. The third-order valence-electron chi connectivity index (χ3n) is 6.36. The zero-order chi connectivity index (χ0) is 24.3. The Bertz CT molecular complexity index is 1540. The topological polar surface area (TPSA) is 78.8 Å². The summed E-state index contributed by atoms with van der Waals surface area (Å²) < 4.78 is 40.8. The molecule has 35 heavy (non-hydrogen) atoms. The lowest BCUT2D eigenvalue weighted by Crippen LogP contribution is -2.04. The Balaban J connectivity index is 1.35. The number of nitrogens with zero attached hydrogens (tertiary/aromatic N) is 3. The number of rotatable bonds is 3. The van der Waals surface area contributed by atoms with Crippen molar-refractivity contribution in [3.05, 3.63) is 77.4 Å². The van der Waals surface area contributed by atoms with Gasteiger partial charge in [0.05, 0.1) is 16.6 Å². The highest BCUT2D eigenvalue weighted by molar-refractivity contribution is 5.84. The van der Waals surface area contributed by atoms with Crippen LogP contribution in [0.4, 0.5) is 13.2 Å². The van der Waals surface area contributed by atoms with Crippen molar-refractivity contribution in [2.45, 2.75) is 19.3 Å². The number of aryl methyl sites for hydroxylation is 1. The van der Waals surface area contributed by atoms with E-state index in [9.17, 15) is 18.3 Å². The summed E-state index contributed by atoms with van der Waals surface area (Å²) >= 11 is 0. The largest absolute Gasteiger partial charge is 0.504 e. The maximum absolute atomic E-state index is 13.1. The van der Waals surface area contributed by atoms with E-state index in [2.05, 4.69) is 26.4 Å². The molecule has 2 aromatic heterocycles. The Morgan fingerprint density at radius 2 is 1.63 bits per heavy atom. The lowest BCUT2D eigenvalue weighted by atomic mass is 10.0. The Morgan fingerprint density at radius 1 is 0.914 bits per heavy atom. The van der Waals surface area contributed by atoms with Gasteiger partial charge in [0.2, 0.25) is 0 Å². The molecule has 1 aliphatic rings. The van der Waals surface area contributed by atoms with Crippen molar-refractivity contribution < 1.29 is 18.3 Å². The standard InChI is InChI=1S/C26H20F3N5O/c1-34-23(25-31-20-10-17-12-30-13-18(17)11-21(20)32-25)24(35)22(33-34)15-7-5-14(6-8-15)16-3-2-4-19(9-16)26(27,28)29/h2-11,30,35H,12-13H2,1H3,(H,31,32). The highest BCUT2D eigenvalue weighted by Gasteiger charge is 2.30. The van der Waals surface area contributed by atoms with Crippen LogP contribution in [-0.2, 0) is 26.3 Å². The first-order valence-electron chi connectivity index (χ1n) is 11.0. The number of benzene rings is 3. The van der Waals surface area contributed by atoms with E-state index in [1.54, 1.807) is 42.1 Å². The first kappa shape index (κ1) is 21.4. The fraction of sp³-hybridized carbons (Fsp3) is 0.154. The van der Waals surface area contributed by atoms with Crippen molar-refractivity contribution in [2.75, 3.05) is 0 Å². The smallest absolute Gasteiger partial charge is 0.416 e. The van der Waals surface area contributed by atoms with Gasteiger partial charge in [0.1, 0.15) is 11.4 Å². The second-order valence-electron chi connectivity index (χ2n) is 8.65. The zero-order valence-corrected chi connectivity index (χ0v) is 18.6. The van der Waals surface area contributed by atoms with Gasteiger partial charge in [-0.2, -0.15) is 18.3 Å². The molecular weight excluding hydrogens is 455 g/mol. The van der Waals surface area contributed by atoms with E-state index in [0.717, 1.165) is 36.3 Å². The summed E-state index contributed by atoms with van der Waals surface area (Å²) in [7, 11) is 1.73.